The van der Waals surface area contributed by atoms with E-state index in [1.54, 1.807) is 0 Å². The summed E-state index contributed by atoms with van der Waals surface area (Å²) in [4.78, 5) is 10.1. The highest BCUT2D eigenvalue weighted by Gasteiger charge is 2.04. The van der Waals surface area contributed by atoms with Crippen LogP contribution in [0.25, 0.3) is 0 Å². The van der Waals surface area contributed by atoms with E-state index in [9.17, 15) is 9.90 Å². The summed E-state index contributed by atoms with van der Waals surface area (Å²) in [6.45, 7) is 1.98. The van der Waals surface area contributed by atoms with Crippen molar-refractivity contribution in [2.24, 2.45) is 0 Å². The molecule has 1 atom stereocenters. The quantitative estimate of drug-likeness (QED) is 0.689. The molecule has 0 spiro atoms. The number of hydrogen-bond acceptors (Lipinski definition) is 2. The zero-order chi connectivity index (χ0) is 8.97. The third-order valence-corrected chi connectivity index (χ3v) is 1.78. The second-order valence-electron chi connectivity index (χ2n) is 2.83. The molecule has 0 aliphatic heterocycles. The summed E-state index contributed by atoms with van der Waals surface area (Å²) in [5.74, 6) is 0. The van der Waals surface area contributed by atoms with Crippen LogP contribution < -0.4 is 0 Å². The molecule has 0 bridgehead atoms. The van der Waals surface area contributed by atoms with Crippen LogP contribution in [0.3, 0.4) is 0 Å². The second-order valence-corrected chi connectivity index (χ2v) is 2.83. The van der Waals surface area contributed by atoms with Gasteiger partial charge in [0.05, 0.1) is 6.10 Å². The molecule has 1 aromatic carbocycles. The Bertz CT molecular complexity index is 251. The molecule has 0 heterocycles. The topological polar surface area (TPSA) is 37.3 Å². The molecule has 1 rings (SSSR count). The Labute approximate surface area is 71.8 Å². The van der Waals surface area contributed by atoms with Gasteiger partial charge in [0.2, 0.25) is 0 Å². The highest BCUT2D eigenvalue weighted by molar-refractivity contribution is 5.51. The van der Waals surface area contributed by atoms with E-state index in [-0.39, 0.29) is 6.42 Å². The van der Waals surface area contributed by atoms with Crippen LogP contribution >= 0.6 is 0 Å². The predicted molar refractivity (Wildman–Crippen MR) is 46.8 cm³/mol. The van der Waals surface area contributed by atoms with Gasteiger partial charge in [-0.1, -0.05) is 29.8 Å². The largest absolute Gasteiger partial charge is 0.388 e. The van der Waals surface area contributed by atoms with Crippen LogP contribution in [0.4, 0.5) is 0 Å². The average Bonchev–Trinajstić information content (AvgIpc) is 2.06. The molecule has 0 saturated carbocycles. The van der Waals surface area contributed by atoms with Crippen LogP contribution in [-0.2, 0) is 4.79 Å². The van der Waals surface area contributed by atoms with Crippen LogP contribution in [0, 0.1) is 6.92 Å². The average molecular weight is 164 g/mol. The molecule has 0 saturated heterocycles. The van der Waals surface area contributed by atoms with Crippen molar-refractivity contribution in [1.29, 1.82) is 0 Å². The van der Waals surface area contributed by atoms with Crippen molar-refractivity contribution in [3.05, 3.63) is 35.4 Å². The van der Waals surface area contributed by atoms with Crippen LogP contribution in [-0.4, -0.2) is 11.4 Å². The first-order valence-corrected chi connectivity index (χ1v) is 3.92. The first-order valence-electron chi connectivity index (χ1n) is 3.92. The summed E-state index contributed by atoms with van der Waals surface area (Å²) in [7, 11) is 0. The van der Waals surface area contributed by atoms with Gasteiger partial charge in [0.1, 0.15) is 6.29 Å². The number of aliphatic hydroxyl groups is 1. The van der Waals surface area contributed by atoms with E-state index in [2.05, 4.69) is 0 Å². The summed E-state index contributed by atoms with van der Waals surface area (Å²) >= 11 is 0. The summed E-state index contributed by atoms with van der Waals surface area (Å²) in [6.07, 6.45) is 0.247. The zero-order valence-electron chi connectivity index (χ0n) is 7.03. The molecule has 64 valence electrons. The van der Waals surface area contributed by atoms with E-state index in [0.29, 0.717) is 0 Å². The molecule has 0 aliphatic rings. The SMILES string of the molecule is Cc1ccc([C@H](O)CC=O)cc1. The third-order valence-electron chi connectivity index (χ3n) is 1.78. The maximum absolute atomic E-state index is 10.1. The van der Waals surface area contributed by atoms with Crippen molar-refractivity contribution in [2.45, 2.75) is 19.4 Å². The Kier molecular flexibility index (Phi) is 3.00. The first kappa shape index (κ1) is 8.94. The minimum absolute atomic E-state index is 0.170. The molecular formula is C10H12O2. The number of aldehydes is 1. The van der Waals surface area contributed by atoms with E-state index in [1.807, 2.05) is 31.2 Å². The maximum Gasteiger partial charge on any atom is 0.122 e. The Morgan fingerprint density at radius 2 is 2.00 bits per heavy atom. The molecule has 1 aromatic rings. The van der Waals surface area contributed by atoms with Gasteiger partial charge >= 0.3 is 0 Å². The molecule has 0 amide bonds. The van der Waals surface area contributed by atoms with Gasteiger partial charge in [-0.2, -0.15) is 0 Å². The molecule has 0 fully saturated rings. The van der Waals surface area contributed by atoms with Crippen molar-refractivity contribution in [3.63, 3.8) is 0 Å². The highest BCUT2D eigenvalue weighted by atomic mass is 16.3. The van der Waals surface area contributed by atoms with Gasteiger partial charge in [-0.05, 0) is 12.5 Å². The van der Waals surface area contributed by atoms with Gasteiger partial charge in [0.25, 0.3) is 0 Å². The number of aliphatic hydroxyl groups excluding tert-OH is 1. The van der Waals surface area contributed by atoms with Crippen molar-refractivity contribution >= 4 is 6.29 Å². The summed E-state index contributed by atoms with van der Waals surface area (Å²) in [6, 6.07) is 7.51. The first-order chi connectivity index (χ1) is 5.74. The van der Waals surface area contributed by atoms with E-state index in [0.717, 1.165) is 17.4 Å². The molecule has 1 N–H and O–H groups in total. The minimum atomic E-state index is -0.650. The van der Waals surface area contributed by atoms with Crippen molar-refractivity contribution in [2.75, 3.05) is 0 Å². The molecule has 0 aromatic heterocycles. The lowest BCUT2D eigenvalue weighted by atomic mass is 10.1. The predicted octanol–water partition coefficient (Wildman–Crippen LogP) is 1.62. The fraction of sp³-hybridized carbons (Fsp3) is 0.300. The molecule has 0 aliphatic carbocycles. The fourth-order valence-electron chi connectivity index (χ4n) is 1.02. The maximum atomic E-state index is 10.1. The van der Waals surface area contributed by atoms with E-state index < -0.39 is 6.10 Å². The van der Waals surface area contributed by atoms with E-state index >= 15 is 0 Å². The lowest BCUT2D eigenvalue weighted by Gasteiger charge is -2.06. The Morgan fingerprint density at radius 1 is 1.42 bits per heavy atom. The van der Waals surface area contributed by atoms with E-state index in [1.165, 1.54) is 0 Å². The Morgan fingerprint density at radius 3 is 2.50 bits per heavy atom. The van der Waals surface area contributed by atoms with Crippen LogP contribution in [0.1, 0.15) is 23.7 Å². The van der Waals surface area contributed by atoms with Crippen molar-refractivity contribution in [1.82, 2.24) is 0 Å². The number of carbonyl (C=O) groups excluding carboxylic acids is 1. The van der Waals surface area contributed by atoms with Gasteiger partial charge in [0, 0.05) is 6.42 Å². The van der Waals surface area contributed by atoms with Crippen molar-refractivity contribution in [3.8, 4) is 0 Å². The normalized spacial score (nSPS) is 12.5. The van der Waals surface area contributed by atoms with Gasteiger partial charge in [-0.25, -0.2) is 0 Å². The highest BCUT2D eigenvalue weighted by Crippen LogP contribution is 2.15. The number of rotatable bonds is 3. The van der Waals surface area contributed by atoms with Gasteiger partial charge in [-0.3, -0.25) is 0 Å². The number of benzene rings is 1. The van der Waals surface area contributed by atoms with Crippen LogP contribution in [0.2, 0.25) is 0 Å². The third kappa shape index (κ3) is 2.17. The standard InChI is InChI=1S/C10H12O2/c1-8-2-4-9(5-3-8)10(12)6-7-11/h2-5,7,10,12H,6H2,1H3/t10-/m1/s1. The monoisotopic (exact) mass is 164 g/mol. The minimum Gasteiger partial charge on any atom is -0.388 e. The van der Waals surface area contributed by atoms with Gasteiger partial charge in [0.15, 0.2) is 0 Å². The number of carbonyl (C=O) groups is 1. The summed E-state index contributed by atoms with van der Waals surface area (Å²) < 4.78 is 0. The molecule has 0 unspecified atom stereocenters. The van der Waals surface area contributed by atoms with Gasteiger partial charge < -0.3 is 9.90 Å². The van der Waals surface area contributed by atoms with Crippen molar-refractivity contribution < 1.29 is 9.90 Å². The second kappa shape index (κ2) is 4.02. The molecule has 2 nitrogen and oxygen atoms in total. The smallest absolute Gasteiger partial charge is 0.122 e. The molecule has 12 heavy (non-hydrogen) atoms. The lowest BCUT2D eigenvalue weighted by molar-refractivity contribution is -0.109. The Balaban J connectivity index is 2.74. The van der Waals surface area contributed by atoms with E-state index in [4.69, 9.17) is 0 Å². The number of aryl methyl sites for hydroxylation is 1. The zero-order valence-corrected chi connectivity index (χ0v) is 7.03. The summed E-state index contributed by atoms with van der Waals surface area (Å²) in [5, 5.41) is 9.38. The molecule has 0 radical (unpaired) electrons. The van der Waals surface area contributed by atoms with Crippen LogP contribution in [0.5, 0.6) is 0 Å². The molecular weight excluding hydrogens is 152 g/mol. The lowest BCUT2D eigenvalue weighted by Crippen LogP contribution is -1.97. The molecule has 2 heteroatoms. The fourth-order valence-corrected chi connectivity index (χ4v) is 1.02. The number of hydrogen-bond donors (Lipinski definition) is 1. The van der Waals surface area contributed by atoms with Gasteiger partial charge in [-0.15, -0.1) is 0 Å². The van der Waals surface area contributed by atoms with Crippen LogP contribution in [0.15, 0.2) is 24.3 Å². The Hall–Kier alpha value is -1.15. The summed E-state index contributed by atoms with van der Waals surface area (Å²) in [5.41, 5.74) is 1.95.